The van der Waals surface area contributed by atoms with Crippen LogP contribution in [0.4, 0.5) is 5.95 Å². The Hall–Kier alpha value is -1.93. The first-order chi connectivity index (χ1) is 11.8. The minimum atomic E-state index is -0.0388. The van der Waals surface area contributed by atoms with E-state index in [1.807, 2.05) is 13.0 Å². The van der Waals surface area contributed by atoms with Gasteiger partial charge in [-0.1, -0.05) is 5.10 Å². The van der Waals surface area contributed by atoms with E-state index in [0.29, 0.717) is 13.2 Å². The molecule has 2 aliphatic heterocycles. The summed E-state index contributed by atoms with van der Waals surface area (Å²) in [4.78, 5) is 2.21. The zero-order valence-electron chi connectivity index (χ0n) is 14.0. The molecule has 0 atom stereocenters. The summed E-state index contributed by atoms with van der Waals surface area (Å²) in [5.74, 6) is 1.66. The molecule has 8 heteroatoms. The number of anilines is 1. The molecule has 0 aromatic carbocycles. The van der Waals surface area contributed by atoms with E-state index in [2.05, 4.69) is 20.4 Å². The number of rotatable bonds is 3. The molecule has 2 aromatic heterocycles. The SMILES string of the molecule is Cc1ccoc1Cn1nnnc1N1CCOC2(CCOCC2)CC1. The van der Waals surface area contributed by atoms with Crippen LogP contribution in [0.15, 0.2) is 16.7 Å². The maximum Gasteiger partial charge on any atom is 0.246 e. The zero-order valence-corrected chi connectivity index (χ0v) is 14.0. The summed E-state index contributed by atoms with van der Waals surface area (Å²) in [5.41, 5.74) is 1.07. The number of aromatic nitrogens is 4. The highest BCUT2D eigenvalue weighted by molar-refractivity contribution is 5.29. The molecule has 24 heavy (non-hydrogen) atoms. The van der Waals surface area contributed by atoms with Gasteiger partial charge in [-0.2, -0.15) is 0 Å². The van der Waals surface area contributed by atoms with Crippen molar-refractivity contribution in [3.05, 3.63) is 23.7 Å². The number of tetrazole rings is 1. The summed E-state index contributed by atoms with van der Waals surface area (Å²) in [7, 11) is 0. The maximum atomic E-state index is 6.21. The predicted octanol–water partition coefficient (Wildman–Crippen LogP) is 1.40. The van der Waals surface area contributed by atoms with E-state index in [4.69, 9.17) is 13.9 Å². The molecule has 1 spiro atoms. The van der Waals surface area contributed by atoms with Gasteiger partial charge in [0.2, 0.25) is 5.95 Å². The molecular formula is C16H23N5O3. The van der Waals surface area contributed by atoms with Gasteiger partial charge in [-0.15, -0.1) is 0 Å². The highest BCUT2D eigenvalue weighted by atomic mass is 16.5. The standard InChI is InChI=1S/C16H23N5O3/c1-13-2-8-23-14(13)12-21-15(17-18-19-21)20-6-3-16(24-11-7-20)4-9-22-10-5-16/h2,8H,3-7,9-12H2,1H3. The van der Waals surface area contributed by atoms with Crippen molar-refractivity contribution in [2.75, 3.05) is 37.8 Å². The van der Waals surface area contributed by atoms with Crippen molar-refractivity contribution in [1.29, 1.82) is 0 Å². The molecule has 8 nitrogen and oxygen atoms in total. The molecule has 0 saturated carbocycles. The monoisotopic (exact) mass is 333 g/mol. The van der Waals surface area contributed by atoms with Gasteiger partial charge in [0, 0.05) is 26.3 Å². The Balaban J connectivity index is 1.48. The Morgan fingerprint density at radius 1 is 1.17 bits per heavy atom. The van der Waals surface area contributed by atoms with Crippen LogP contribution in [0.1, 0.15) is 30.6 Å². The summed E-state index contributed by atoms with van der Waals surface area (Å²) >= 11 is 0. The van der Waals surface area contributed by atoms with Crippen LogP contribution in [-0.2, 0) is 16.0 Å². The second-order valence-corrected chi connectivity index (χ2v) is 6.54. The highest BCUT2D eigenvalue weighted by Crippen LogP contribution is 2.31. The molecule has 0 amide bonds. The number of aryl methyl sites for hydroxylation is 1. The van der Waals surface area contributed by atoms with Crippen molar-refractivity contribution in [3.8, 4) is 0 Å². The van der Waals surface area contributed by atoms with Gasteiger partial charge in [-0.3, -0.25) is 0 Å². The van der Waals surface area contributed by atoms with Crippen molar-refractivity contribution in [2.24, 2.45) is 0 Å². The van der Waals surface area contributed by atoms with Crippen LogP contribution in [0.5, 0.6) is 0 Å². The molecule has 4 rings (SSSR count). The Labute approximate surface area is 140 Å². The third-order valence-electron chi connectivity index (χ3n) is 5.07. The molecular weight excluding hydrogens is 310 g/mol. The number of hydrogen-bond donors (Lipinski definition) is 0. The Kier molecular flexibility index (Phi) is 4.24. The van der Waals surface area contributed by atoms with Crippen molar-refractivity contribution >= 4 is 5.95 Å². The normalized spacial score (nSPS) is 21.1. The van der Waals surface area contributed by atoms with Crippen LogP contribution in [0.25, 0.3) is 0 Å². The molecule has 0 unspecified atom stereocenters. The van der Waals surface area contributed by atoms with Gasteiger partial charge >= 0.3 is 0 Å². The molecule has 4 heterocycles. The van der Waals surface area contributed by atoms with E-state index in [0.717, 1.165) is 62.8 Å². The first-order valence-corrected chi connectivity index (χ1v) is 8.52. The molecule has 0 aliphatic carbocycles. The van der Waals surface area contributed by atoms with E-state index in [9.17, 15) is 0 Å². The van der Waals surface area contributed by atoms with E-state index < -0.39 is 0 Å². The molecule has 130 valence electrons. The van der Waals surface area contributed by atoms with Crippen LogP contribution in [0.2, 0.25) is 0 Å². The van der Waals surface area contributed by atoms with Gasteiger partial charge in [0.25, 0.3) is 0 Å². The van der Waals surface area contributed by atoms with Crippen LogP contribution in [0.3, 0.4) is 0 Å². The van der Waals surface area contributed by atoms with Crippen molar-refractivity contribution < 1.29 is 13.9 Å². The Morgan fingerprint density at radius 3 is 2.83 bits per heavy atom. The lowest BCUT2D eigenvalue weighted by atomic mass is 9.90. The Bertz CT molecular complexity index is 677. The van der Waals surface area contributed by atoms with Crippen LogP contribution in [-0.4, -0.2) is 58.7 Å². The second-order valence-electron chi connectivity index (χ2n) is 6.54. The van der Waals surface area contributed by atoms with Gasteiger partial charge in [0.15, 0.2) is 0 Å². The predicted molar refractivity (Wildman–Crippen MR) is 85.9 cm³/mol. The average molecular weight is 333 g/mol. The number of nitrogens with zero attached hydrogens (tertiary/aromatic N) is 5. The molecule has 2 fully saturated rings. The fourth-order valence-corrected chi connectivity index (χ4v) is 3.46. The molecule has 2 saturated heterocycles. The van der Waals surface area contributed by atoms with Gasteiger partial charge in [0.1, 0.15) is 12.3 Å². The summed E-state index contributed by atoms with van der Waals surface area (Å²) < 4.78 is 19.0. The molecule has 0 N–H and O–H groups in total. The van der Waals surface area contributed by atoms with E-state index in [1.54, 1.807) is 10.9 Å². The van der Waals surface area contributed by atoms with Gasteiger partial charge in [0.05, 0.1) is 18.5 Å². The van der Waals surface area contributed by atoms with E-state index in [1.165, 1.54) is 0 Å². The van der Waals surface area contributed by atoms with Crippen LogP contribution in [0, 0.1) is 6.92 Å². The molecule has 2 aromatic rings. The lowest BCUT2D eigenvalue weighted by molar-refractivity contribution is -0.105. The first-order valence-electron chi connectivity index (χ1n) is 8.52. The fraction of sp³-hybridized carbons (Fsp3) is 0.688. The highest BCUT2D eigenvalue weighted by Gasteiger charge is 2.36. The van der Waals surface area contributed by atoms with E-state index in [-0.39, 0.29) is 5.60 Å². The quantitative estimate of drug-likeness (QED) is 0.840. The molecule has 0 radical (unpaired) electrons. The smallest absolute Gasteiger partial charge is 0.246 e. The number of ether oxygens (including phenoxy) is 2. The summed E-state index contributed by atoms with van der Waals surface area (Å²) in [6, 6.07) is 1.95. The summed E-state index contributed by atoms with van der Waals surface area (Å²) in [6.07, 6.45) is 4.61. The third-order valence-corrected chi connectivity index (χ3v) is 5.07. The van der Waals surface area contributed by atoms with Crippen molar-refractivity contribution in [3.63, 3.8) is 0 Å². The largest absolute Gasteiger partial charge is 0.467 e. The van der Waals surface area contributed by atoms with Crippen LogP contribution < -0.4 is 4.90 Å². The minimum Gasteiger partial charge on any atom is -0.467 e. The van der Waals surface area contributed by atoms with Crippen molar-refractivity contribution in [2.45, 2.75) is 38.3 Å². The summed E-state index contributed by atoms with van der Waals surface area (Å²) in [5, 5.41) is 12.2. The van der Waals surface area contributed by atoms with E-state index >= 15 is 0 Å². The first kappa shape index (κ1) is 15.6. The number of hydrogen-bond acceptors (Lipinski definition) is 7. The van der Waals surface area contributed by atoms with Crippen LogP contribution >= 0.6 is 0 Å². The van der Waals surface area contributed by atoms with Gasteiger partial charge in [-0.05, 0) is 48.2 Å². The lowest BCUT2D eigenvalue weighted by Gasteiger charge is -2.35. The fourth-order valence-electron chi connectivity index (χ4n) is 3.46. The second kappa shape index (κ2) is 6.52. The lowest BCUT2D eigenvalue weighted by Crippen LogP contribution is -2.39. The van der Waals surface area contributed by atoms with Crippen molar-refractivity contribution in [1.82, 2.24) is 20.2 Å². The Morgan fingerprint density at radius 2 is 2.04 bits per heavy atom. The zero-order chi connectivity index (χ0) is 16.4. The third kappa shape index (κ3) is 3.03. The average Bonchev–Trinajstić information content (AvgIpc) is 3.17. The molecule has 2 aliphatic rings. The maximum absolute atomic E-state index is 6.21. The topological polar surface area (TPSA) is 78.4 Å². The number of furan rings is 1. The summed E-state index contributed by atoms with van der Waals surface area (Å²) in [6.45, 7) is 6.50. The van der Waals surface area contributed by atoms with Gasteiger partial charge < -0.3 is 18.8 Å². The minimum absolute atomic E-state index is 0.0388. The van der Waals surface area contributed by atoms with Gasteiger partial charge in [-0.25, -0.2) is 4.68 Å². The molecule has 0 bridgehead atoms.